The van der Waals surface area contributed by atoms with Crippen LogP contribution in [0.25, 0.3) is 22.0 Å². The Morgan fingerprint density at radius 2 is 1.31 bits per heavy atom. The molecule has 2 aromatic heterocycles. The number of terminal acetylenes is 1. The highest BCUT2D eigenvalue weighted by atomic mass is 16.7. The van der Waals surface area contributed by atoms with Crippen molar-refractivity contribution in [2.45, 2.75) is 33.4 Å². The first-order valence-electron chi connectivity index (χ1n) is 21.1. The number of nitrogens with one attached hydrogen (secondary N) is 2. The molecule has 0 bridgehead atoms. The van der Waals surface area contributed by atoms with Crippen LogP contribution in [-0.2, 0) is 17.8 Å². The molecule has 0 atom stereocenters. The van der Waals surface area contributed by atoms with Crippen LogP contribution in [0.3, 0.4) is 0 Å². The van der Waals surface area contributed by atoms with Gasteiger partial charge in [-0.15, -0.1) is 6.42 Å². The summed E-state index contributed by atoms with van der Waals surface area (Å²) in [5.41, 5.74) is 12.2. The highest BCUT2D eigenvalue weighted by Gasteiger charge is 2.19. The standard InChI is InChI=1S/C29H33N5O2.C29H4.H3N5O2.14H2/c1-21-26(29(35)32-20-22-8-9-25-24(18-22)10-11-31-28(25)30)19-27(23-6-3-2-4-7-23)34(21)13-5-12-33-14-16-36-17-15-33;1-3-5-7-9-11-13-15-17-19-21-23-25-27-29-28-26-24-22-20-18-16-14-12-10-8-6-4-2;1-2-3-4-5(6)7;;;;;;;;;;;;;;/h2-4,6-11,18-19H,5,12-17,20H2,1H3,(H2,30,31)(H,32,35);1H,2H3;(H2,1,3)(H,2,4);14*1H. The minimum Gasteiger partial charge on any atom is -0.383 e. The van der Waals surface area contributed by atoms with Gasteiger partial charge in [-0.3, -0.25) is 15.5 Å². The van der Waals surface area contributed by atoms with Gasteiger partial charge in [0, 0.05) is 140 Å². The highest BCUT2D eigenvalue weighted by Crippen LogP contribution is 2.27. The number of carbonyl (C=O) groups is 1. The average molecular weight is 969 g/mol. The number of ether oxygens (including phenoxy) is 1. The second kappa shape index (κ2) is 35.0. The first kappa shape index (κ1) is 55.1. The largest absolute Gasteiger partial charge is 0.383 e. The molecule has 1 amide bonds. The van der Waals surface area contributed by atoms with E-state index in [1.807, 2.05) is 55.5 Å². The van der Waals surface area contributed by atoms with E-state index in [0.717, 1.165) is 84.7 Å². The number of nitro groups is 1. The van der Waals surface area contributed by atoms with E-state index in [1.54, 1.807) is 13.1 Å². The smallest absolute Gasteiger partial charge is 0.253 e. The van der Waals surface area contributed by atoms with Gasteiger partial charge in [-0.05, 0) is 150 Å². The number of hydrazine groups is 1. The van der Waals surface area contributed by atoms with Crippen LogP contribution in [0, 0.1) is 183 Å². The minimum absolute atomic E-state index is 0. The normalized spacial score (nSPS) is 9.57. The number of fused-ring (bicyclic) bond motifs is 1. The molecule has 374 valence electrons. The van der Waals surface area contributed by atoms with E-state index < -0.39 is 5.03 Å². The van der Waals surface area contributed by atoms with E-state index in [4.69, 9.17) is 16.9 Å². The summed E-state index contributed by atoms with van der Waals surface area (Å²) in [5.74, 6) is 71.7. The van der Waals surface area contributed by atoms with Crippen molar-refractivity contribution >= 4 is 22.5 Å². The van der Waals surface area contributed by atoms with E-state index in [1.165, 1.54) is 5.53 Å². The molecule has 0 spiro atoms. The Labute approximate surface area is 441 Å². The van der Waals surface area contributed by atoms with Crippen molar-refractivity contribution in [1.82, 2.24) is 25.3 Å². The Hall–Kier alpha value is -11.2. The fraction of sp³-hybridized carbons (Fsp3) is 0.172. The van der Waals surface area contributed by atoms with Gasteiger partial charge in [0.1, 0.15) is 5.82 Å². The molecule has 1 aliphatic heterocycles. The van der Waals surface area contributed by atoms with Crippen molar-refractivity contribution in [2.24, 2.45) is 16.3 Å². The number of hydrogen-bond donors (Lipinski definition) is 4. The summed E-state index contributed by atoms with van der Waals surface area (Å²) in [5, 5.41) is 18.6. The zero-order chi connectivity index (χ0) is 51.7. The summed E-state index contributed by atoms with van der Waals surface area (Å²) in [6.45, 7) is 9.66. The number of amides is 1. The van der Waals surface area contributed by atoms with Crippen molar-refractivity contribution in [3.63, 3.8) is 0 Å². The van der Waals surface area contributed by atoms with Crippen LogP contribution in [0.5, 0.6) is 0 Å². The first-order valence-corrected chi connectivity index (χ1v) is 21.1. The number of pyridine rings is 1. The van der Waals surface area contributed by atoms with Crippen molar-refractivity contribution in [1.29, 1.82) is 0 Å². The summed E-state index contributed by atoms with van der Waals surface area (Å²) in [6, 6.07) is 20.3. The van der Waals surface area contributed by atoms with Crippen molar-refractivity contribution < 1.29 is 34.5 Å². The molecule has 14 heteroatoms. The Balaban J connectivity index is -0.000000101. The van der Waals surface area contributed by atoms with E-state index in [0.29, 0.717) is 12.4 Å². The SMILES string of the molecule is C#CC#CC#CC#CC#CC#CC#CC#CC#CC#CC#CC#CC#CC#CC.Cc1c(C(=O)NCc2ccc3c(N)nccc3c2)cc(-c2ccccc2)n1CCCN1CCOCC1.NN=NN[N+](=O)[O-].[HH].[HH].[HH].[HH].[HH].[HH].[HH].[HH].[HH].[HH].[HH].[HH].[HH].[HH]. The number of nitrogen functional groups attached to an aromatic ring is 1. The number of hydrogen-bond acceptors (Lipinski definition) is 9. The highest BCUT2D eigenvalue weighted by molar-refractivity contribution is 5.97. The lowest BCUT2D eigenvalue weighted by Gasteiger charge is -2.26. The molecule has 0 saturated carbocycles. The molecule has 1 fully saturated rings. The van der Waals surface area contributed by atoms with Gasteiger partial charge in [0.25, 0.3) is 5.91 Å². The van der Waals surface area contributed by atoms with Gasteiger partial charge in [-0.2, -0.15) is 0 Å². The summed E-state index contributed by atoms with van der Waals surface area (Å²) in [4.78, 5) is 29.1. The van der Waals surface area contributed by atoms with Gasteiger partial charge in [-0.25, -0.2) is 4.98 Å². The molecular formula is C58H68N10O4. The van der Waals surface area contributed by atoms with E-state index in [2.05, 4.69) is 208 Å². The second-order valence-electron chi connectivity index (χ2n) is 13.4. The van der Waals surface area contributed by atoms with E-state index in [-0.39, 0.29) is 25.9 Å². The average Bonchev–Trinajstić information content (AvgIpc) is 3.73. The van der Waals surface area contributed by atoms with Crippen LogP contribution in [0.4, 0.5) is 5.82 Å². The molecule has 5 rings (SSSR count). The van der Waals surface area contributed by atoms with Crippen LogP contribution in [0.15, 0.2) is 77.3 Å². The Morgan fingerprint density at radius 1 is 0.778 bits per heavy atom. The maximum atomic E-state index is 13.3. The van der Waals surface area contributed by atoms with Crippen molar-refractivity contribution in [3.8, 4) is 178 Å². The predicted octanol–water partition coefficient (Wildman–Crippen LogP) is 7.38. The molecule has 1 saturated heterocycles. The van der Waals surface area contributed by atoms with Gasteiger partial charge in [0.05, 0.1) is 29.0 Å². The summed E-state index contributed by atoms with van der Waals surface area (Å²) >= 11 is 0. The molecule has 0 unspecified atom stereocenters. The van der Waals surface area contributed by atoms with Gasteiger partial charge in [-0.1, -0.05) is 48.4 Å². The van der Waals surface area contributed by atoms with Crippen LogP contribution in [0.2, 0.25) is 0 Å². The second-order valence-corrected chi connectivity index (χ2v) is 13.4. The molecule has 4 aromatic rings. The van der Waals surface area contributed by atoms with Gasteiger partial charge in [0.2, 0.25) is 0 Å². The number of morpholine rings is 1. The van der Waals surface area contributed by atoms with Crippen LogP contribution in [-0.4, -0.2) is 58.2 Å². The summed E-state index contributed by atoms with van der Waals surface area (Å²) in [7, 11) is 0. The van der Waals surface area contributed by atoms with Crippen molar-refractivity contribution in [2.75, 3.05) is 38.6 Å². The third kappa shape index (κ3) is 22.8. The zero-order valence-electron chi connectivity index (χ0n) is 39.1. The monoisotopic (exact) mass is 969 g/mol. The quantitative estimate of drug-likeness (QED) is 0.0413. The first-order chi connectivity index (χ1) is 35.3. The van der Waals surface area contributed by atoms with Gasteiger partial charge < -0.3 is 30.5 Å². The van der Waals surface area contributed by atoms with Gasteiger partial charge in [0.15, 0.2) is 5.22 Å². The number of carbonyl (C=O) groups excluding carboxylic acids is 1. The topological polar surface area (TPSA) is 191 Å². The third-order valence-electron chi connectivity index (χ3n) is 8.83. The lowest BCUT2D eigenvalue weighted by molar-refractivity contribution is -0.546. The maximum Gasteiger partial charge on any atom is 0.253 e. The fourth-order valence-electron chi connectivity index (χ4n) is 5.81. The molecule has 0 aliphatic carbocycles. The molecule has 1 aliphatic rings. The van der Waals surface area contributed by atoms with Crippen LogP contribution < -0.4 is 22.4 Å². The Kier molecular flexibility index (Phi) is 26.8. The molecule has 72 heavy (non-hydrogen) atoms. The minimum atomic E-state index is -0.879. The Morgan fingerprint density at radius 3 is 1.79 bits per heavy atom. The maximum absolute atomic E-state index is 13.3. The predicted molar refractivity (Wildman–Crippen MR) is 308 cm³/mol. The summed E-state index contributed by atoms with van der Waals surface area (Å²) < 4.78 is 7.76. The van der Waals surface area contributed by atoms with Gasteiger partial charge >= 0.3 is 0 Å². The zero-order valence-corrected chi connectivity index (χ0v) is 39.1. The fourth-order valence-corrected chi connectivity index (χ4v) is 5.81. The van der Waals surface area contributed by atoms with Crippen molar-refractivity contribution in [3.05, 3.63) is 93.8 Å². The number of nitrogens with zero attached hydrogens (tertiary/aromatic N) is 6. The number of anilines is 1. The third-order valence-corrected chi connectivity index (χ3v) is 8.83. The van der Waals surface area contributed by atoms with Crippen LogP contribution in [0.1, 0.15) is 54.9 Å². The number of rotatable bonds is 10. The molecular weight excluding hydrogens is 901 g/mol. The lowest BCUT2D eigenvalue weighted by Crippen LogP contribution is -2.37. The number of aromatic nitrogens is 2. The van der Waals surface area contributed by atoms with Crippen LogP contribution >= 0.6 is 0 Å². The molecule has 0 radical (unpaired) electrons. The number of benzene rings is 2. The van der Waals surface area contributed by atoms with E-state index in [9.17, 15) is 14.9 Å². The number of nitrogens with two attached hydrogens (primary N) is 2. The van der Waals surface area contributed by atoms with E-state index >= 15 is 0 Å². The Bertz CT molecular complexity index is 3610. The molecule has 2 aromatic carbocycles. The lowest BCUT2D eigenvalue weighted by atomic mass is 10.1. The molecule has 3 heterocycles. The summed E-state index contributed by atoms with van der Waals surface area (Å²) in [6.07, 6.45) is 7.64. The molecule has 14 nitrogen and oxygen atoms in total. The molecule has 6 N–H and O–H groups in total.